The number of allylic oxidation sites excluding steroid dienone is 2. The fraction of sp³-hybridized carbons (Fsp3) is 0.692. The normalized spacial score (nSPS) is 14.9. The van der Waals surface area contributed by atoms with Gasteiger partial charge in [-0.15, -0.1) is 0 Å². The van der Waals surface area contributed by atoms with Gasteiger partial charge in [-0.05, 0) is 19.3 Å². The van der Waals surface area contributed by atoms with Crippen molar-refractivity contribution in [2.75, 3.05) is 6.61 Å². The molecule has 0 spiro atoms. The summed E-state index contributed by atoms with van der Waals surface area (Å²) in [5.41, 5.74) is 0. The van der Waals surface area contributed by atoms with Gasteiger partial charge < -0.3 is 9.84 Å². The van der Waals surface area contributed by atoms with Crippen LogP contribution < -0.4 is 0 Å². The van der Waals surface area contributed by atoms with Gasteiger partial charge in [0.05, 0.1) is 18.4 Å². The topological polar surface area (TPSA) is 63.6 Å². The first-order valence-electron chi connectivity index (χ1n) is 5.90. The van der Waals surface area contributed by atoms with Gasteiger partial charge in [-0.1, -0.05) is 32.9 Å². The zero-order valence-electron chi connectivity index (χ0n) is 11.0. The van der Waals surface area contributed by atoms with Gasteiger partial charge in [0.25, 0.3) is 0 Å². The smallest absolute Gasteiger partial charge is 0.310 e. The number of aliphatic carboxylic acids is 1. The summed E-state index contributed by atoms with van der Waals surface area (Å²) in [6.45, 7) is 7.58. The molecule has 0 heterocycles. The van der Waals surface area contributed by atoms with E-state index in [0.717, 1.165) is 0 Å². The lowest BCUT2D eigenvalue weighted by atomic mass is 9.91. The molecule has 17 heavy (non-hydrogen) atoms. The van der Waals surface area contributed by atoms with Crippen LogP contribution in [0.25, 0.3) is 0 Å². The first-order chi connectivity index (χ1) is 7.90. The minimum Gasteiger partial charge on any atom is -0.481 e. The summed E-state index contributed by atoms with van der Waals surface area (Å²) in [7, 11) is 0. The molecule has 0 saturated carbocycles. The van der Waals surface area contributed by atoms with Crippen molar-refractivity contribution >= 4 is 11.9 Å². The summed E-state index contributed by atoms with van der Waals surface area (Å²) in [5, 5.41) is 8.95. The number of carboxylic acids is 1. The fourth-order valence-corrected chi connectivity index (χ4v) is 1.32. The van der Waals surface area contributed by atoms with E-state index in [1.165, 1.54) is 6.92 Å². The second-order valence-electron chi connectivity index (χ2n) is 4.56. The summed E-state index contributed by atoms with van der Waals surface area (Å²) in [6, 6.07) is 0. The van der Waals surface area contributed by atoms with Crippen molar-refractivity contribution in [2.45, 2.75) is 34.1 Å². The number of carbonyl (C=O) groups excluding carboxylic acids is 1. The highest BCUT2D eigenvalue weighted by molar-refractivity contribution is 5.81. The third-order valence-electron chi connectivity index (χ3n) is 2.48. The summed E-state index contributed by atoms with van der Waals surface area (Å²) in [6.07, 6.45) is 4.00. The van der Waals surface area contributed by atoms with Gasteiger partial charge in [0, 0.05) is 0 Å². The van der Waals surface area contributed by atoms with E-state index >= 15 is 0 Å². The highest BCUT2D eigenvalue weighted by Crippen LogP contribution is 2.19. The number of esters is 1. The fourth-order valence-electron chi connectivity index (χ4n) is 1.32. The van der Waals surface area contributed by atoms with Crippen LogP contribution in [-0.2, 0) is 14.3 Å². The summed E-state index contributed by atoms with van der Waals surface area (Å²) in [5.74, 6) is -2.48. The molecule has 0 fully saturated rings. The Balaban J connectivity index is 4.55. The molecule has 0 aliphatic heterocycles. The minimum absolute atomic E-state index is 0.251. The van der Waals surface area contributed by atoms with Crippen molar-refractivity contribution in [3.05, 3.63) is 12.2 Å². The molecule has 0 aliphatic carbocycles. The quantitative estimate of drug-likeness (QED) is 0.550. The lowest BCUT2D eigenvalue weighted by Crippen LogP contribution is -2.29. The van der Waals surface area contributed by atoms with Crippen molar-refractivity contribution < 1.29 is 19.4 Å². The van der Waals surface area contributed by atoms with E-state index in [1.54, 1.807) is 12.2 Å². The van der Waals surface area contributed by atoms with E-state index in [2.05, 4.69) is 0 Å². The van der Waals surface area contributed by atoms with Gasteiger partial charge in [-0.2, -0.15) is 0 Å². The van der Waals surface area contributed by atoms with E-state index in [4.69, 9.17) is 9.84 Å². The minimum atomic E-state index is -0.971. The van der Waals surface area contributed by atoms with Crippen LogP contribution in [0.1, 0.15) is 34.1 Å². The molecule has 4 heteroatoms. The standard InChI is InChI=1S/C13H22O4/c1-5-6-7-11(10(4)12(14)15)13(16)17-8-9(2)3/h5-6,9-11H,7-8H2,1-4H3,(H,14,15). The Morgan fingerprint density at radius 3 is 2.29 bits per heavy atom. The molecule has 0 amide bonds. The van der Waals surface area contributed by atoms with Gasteiger partial charge in [-0.25, -0.2) is 0 Å². The van der Waals surface area contributed by atoms with Crippen molar-refractivity contribution in [2.24, 2.45) is 17.8 Å². The Kier molecular flexibility index (Phi) is 7.26. The van der Waals surface area contributed by atoms with Crippen molar-refractivity contribution in [1.82, 2.24) is 0 Å². The van der Waals surface area contributed by atoms with E-state index in [-0.39, 0.29) is 5.92 Å². The Hall–Kier alpha value is -1.32. The predicted molar refractivity (Wildman–Crippen MR) is 65.5 cm³/mol. The molecule has 1 N–H and O–H groups in total. The Bertz CT molecular complexity index is 281. The average Bonchev–Trinajstić information content (AvgIpc) is 2.26. The maximum Gasteiger partial charge on any atom is 0.310 e. The zero-order chi connectivity index (χ0) is 13.4. The molecule has 4 nitrogen and oxygen atoms in total. The molecule has 0 bridgehead atoms. The summed E-state index contributed by atoms with van der Waals surface area (Å²) >= 11 is 0. The van der Waals surface area contributed by atoms with Gasteiger partial charge in [0.2, 0.25) is 0 Å². The van der Waals surface area contributed by atoms with Crippen LogP contribution in [0.3, 0.4) is 0 Å². The largest absolute Gasteiger partial charge is 0.481 e. The first-order valence-corrected chi connectivity index (χ1v) is 5.90. The van der Waals surface area contributed by atoms with E-state index in [1.807, 2.05) is 20.8 Å². The van der Waals surface area contributed by atoms with Crippen molar-refractivity contribution in [1.29, 1.82) is 0 Å². The lowest BCUT2D eigenvalue weighted by Gasteiger charge is -2.18. The van der Waals surface area contributed by atoms with Gasteiger partial charge >= 0.3 is 11.9 Å². The van der Waals surface area contributed by atoms with E-state index in [9.17, 15) is 9.59 Å². The van der Waals surface area contributed by atoms with Crippen LogP contribution in [0, 0.1) is 17.8 Å². The SMILES string of the molecule is CC=CCC(C(=O)OCC(C)C)C(C)C(=O)O. The van der Waals surface area contributed by atoms with E-state index < -0.39 is 23.8 Å². The molecule has 0 aromatic carbocycles. The molecule has 0 radical (unpaired) electrons. The van der Waals surface area contributed by atoms with Crippen LogP contribution in [0.2, 0.25) is 0 Å². The molecule has 0 rings (SSSR count). The maximum atomic E-state index is 11.8. The summed E-state index contributed by atoms with van der Waals surface area (Å²) < 4.78 is 5.10. The van der Waals surface area contributed by atoms with Crippen molar-refractivity contribution in [3.63, 3.8) is 0 Å². The molecular formula is C13H22O4. The second-order valence-corrected chi connectivity index (χ2v) is 4.56. The third kappa shape index (κ3) is 6.09. The Morgan fingerprint density at radius 1 is 1.29 bits per heavy atom. The highest BCUT2D eigenvalue weighted by atomic mass is 16.5. The average molecular weight is 242 g/mol. The molecule has 2 unspecified atom stereocenters. The number of ether oxygens (including phenoxy) is 1. The Morgan fingerprint density at radius 2 is 1.88 bits per heavy atom. The summed E-state index contributed by atoms with van der Waals surface area (Å²) in [4.78, 5) is 22.7. The van der Waals surface area contributed by atoms with Crippen LogP contribution in [0.4, 0.5) is 0 Å². The highest BCUT2D eigenvalue weighted by Gasteiger charge is 2.30. The van der Waals surface area contributed by atoms with Gasteiger partial charge in [0.1, 0.15) is 0 Å². The number of rotatable bonds is 7. The van der Waals surface area contributed by atoms with E-state index in [0.29, 0.717) is 13.0 Å². The Labute approximate surface area is 103 Å². The third-order valence-corrected chi connectivity index (χ3v) is 2.48. The maximum absolute atomic E-state index is 11.8. The molecule has 0 saturated heterocycles. The number of carboxylic acid groups (broad SMARTS) is 1. The molecule has 0 aromatic heterocycles. The monoisotopic (exact) mass is 242 g/mol. The second kappa shape index (κ2) is 7.87. The van der Waals surface area contributed by atoms with Gasteiger partial charge in [0.15, 0.2) is 0 Å². The lowest BCUT2D eigenvalue weighted by molar-refractivity contribution is -0.157. The van der Waals surface area contributed by atoms with Crippen LogP contribution in [0.15, 0.2) is 12.2 Å². The number of hydrogen-bond donors (Lipinski definition) is 1. The van der Waals surface area contributed by atoms with Crippen LogP contribution in [-0.4, -0.2) is 23.7 Å². The van der Waals surface area contributed by atoms with Crippen LogP contribution in [0.5, 0.6) is 0 Å². The molecule has 0 aliphatic rings. The van der Waals surface area contributed by atoms with Crippen molar-refractivity contribution in [3.8, 4) is 0 Å². The molecule has 2 atom stereocenters. The first kappa shape index (κ1) is 15.7. The molecule has 98 valence electrons. The zero-order valence-corrected chi connectivity index (χ0v) is 11.0. The number of hydrogen-bond acceptors (Lipinski definition) is 3. The number of carbonyl (C=O) groups is 2. The molecule has 0 aromatic rings. The predicted octanol–water partition coefficient (Wildman–Crippen LogP) is 2.49. The van der Waals surface area contributed by atoms with Crippen LogP contribution >= 0.6 is 0 Å². The van der Waals surface area contributed by atoms with Gasteiger partial charge in [-0.3, -0.25) is 9.59 Å². The molecular weight excluding hydrogens is 220 g/mol.